The molecule has 26 heavy (non-hydrogen) atoms. The van der Waals surface area contributed by atoms with Crippen LogP contribution in [0.25, 0.3) is 0 Å². The Hall–Kier alpha value is -2.96. The van der Waals surface area contributed by atoms with Crippen molar-refractivity contribution in [3.8, 4) is 17.4 Å². The minimum atomic E-state index is 0.432. The molecule has 0 radical (unpaired) electrons. The van der Waals surface area contributed by atoms with E-state index in [1.54, 1.807) is 14.2 Å². The fourth-order valence-corrected chi connectivity index (χ4v) is 2.29. The van der Waals surface area contributed by atoms with Gasteiger partial charge in [0.2, 0.25) is 5.88 Å². The number of hydrogen-bond acceptors (Lipinski definition) is 5. The monoisotopic (exact) mass is 358 g/mol. The Labute approximate surface area is 154 Å². The van der Waals surface area contributed by atoms with Crippen molar-refractivity contribution in [2.45, 2.75) is 20.4 Å². The number of guanidine groups is 1. The number of aromatic nitrogens is 1. The molecule has 0 aliphatic carbocycles. The van der Waals surface area contributed by atoms with Crippen LogP contribution < -0.4 is 24.8 Å². The molecular formula is C19H26N4O3. The quantitative estimate of drug-likeness (QED) is 0.558. The minimum Gasteiger partial charge on any atom is -0.493 e. The fraction of sp³-hybridized carbons (Fsp3) is 0.368. The van der Waals surface area contributed by atoms with Crippen LogP contribution >= 0.6 is 0 Å². The van der Waals surface area contributed by atoms with Gasteiger partial charge in [0.15, 0.2) is 17.5 Å². The molecule has 1 aromatic carbocycles. The summed E-state index contributed by atoms with van der Waals surface area (Å²) in [5, 5.41) is 6.49. The molecule has 1 heterocycles. The third kappa shape index (κ3) is 5.54. The van der Waals surface area contributed by atoms with Crippen molar-refractivity contribution in [3.63, 3.8) is 0 Å². The number of anilines is 1. The summed E-state index contributed by atoms with van der Waals surface area (Å²) >= 11 is 0. The molecule has 7 heteroatoms. The Morgan fingerprint density at radius 2 is 1.92 bits per heavy atom. The number of nitrogens with one attached hydrogen (secondary N) is 2. The van der Waals surface area contributed by atoms with Gasteiger partial charge in [-0.1, -0.05) is 6.07 Å². The maximum Gasteiger partial charge on any atom is 0.213 e. The summed E-state index contributed by atoms with van der Waals surface area (Å²) in [5.41, 5.74) is 1.68. The number of benzene rings is 1. The fourth-order valence-electron chi connectivity index (χ4n) is 2.29. The van der Waals surface area contributed by atoms with E-state index in [1.807, 2.05) is 50.2 Å². The molecule has 2 N–H and O–H groups in total. The highest BCUT2D eigenvalue weighted by atomic mass is 16.5. The van der Waals surface area contributed by atoms with Crippen molar-refractivity contribution in [1.82, 2.24) is 10.3 Å². The topological polar surface area (TPSA) is 77.0 Å². The zero-order chi connectivity index (χ0) is 18.8. The van der Waals surface area contributed by atoms with Crippen LogP contribution in [-0.4, -0.2) is 38.3 Å². The molecule has 1 aromatic heterocycles. The minimum absolute atomic E-state index is 0.432. The highest BCUT2D eigenvalue weighted by Gasteiger charge is 2.07. The van der Waals surface area contributed by atoms with Gasteiger partial charge < -0.3 is 24.8 Å². The van der Waals surface area contributed by atoms with Crippen LogP contribution in [-0.2, 0) is 6.54 Å². The second-order valence-electron chi connectivity index (χ2n) is 5.29. The molecule has 0 spiro atoms. The van der Waals surface area contributed by atoms with Crippen molar-refractivity contribution >= 4 is 11.6 Å². The van der Waals surface area contributed by atoms with Crippen LogP contribution in [0, 0.1) is 0 Å². The SMILES string of the molecule is CCNC(=NCc1cccc(OC)n1)Nc1ccc(OC)c(OCC)c1. The van der Waals surface area contributed by atoms with Crippen molar-refractivity contribution in [2.75, 3.05) is 32.7 Å². The predicted octanol–water partition coefficient (Wildman–Crippen LogP) is 3.08. The molecule has 0 bridgehead atoms. The van der Waals surface area contributed by atoms with Gasteiger partial charge in [-0.05, 0) is 32.0 Å². The summed E-state index contributed by atoms with van der Waals surface area (Å²) in [6.45, 7) is 5.69. The number of aliphatic imine (C=N–C) groups is 1. The van der Waals surface area contributed by atoms with E-state index < -0.39 is 0 Å². The normalized spacial score (nSPS) is 11.0. The van der Waals surface area contributed by atoms with Crippen LogP contribution in [0.15, 0.2) is 41.4 Å². The Bertz CT molecular complexity index is 734. The predicted molar refractivity (Wildman–Crippen MR) is 103 cm³/mol. The van der Waals surface area contributed by atoms with Gasteiger partial charge in [0.25, 0.3) is 0 Å². The summed E-state index contributed by atoms with van der Waals surface area (Å²) in [5.74, 6) is 2.61. The lowest BCUT2D eigenvalue weighted by Crippen LogP contribution is -2.30. The van der Waals surface area contributed by atoms with E-state index in [0.717, 1.165) is 17.9 Å². The second kappa shape index (κ2) is 10.1. The third-order valence-electron chi connectivity index (χ3n) is 3.46. The second-order valence-corrected chi connectivity index (χ2v) is 5.29. The Morgan fingerprint density at radius 1 is 1.08 bits per heavy atom. The Balaban J connectivity index is 2.15. The van der Waals surface area contributed by atoms with Gasteiger partial charge >= 0.3 is 0 Å². The van der Waals surface area contributed by atoms with E-state index in [0.29, 0.717) is 36.5 Å². The number of pyridine rings is 1. The maximum atomic E-state index is 5.62. The van der Waals surface area contributed by atoms with Gasteiger partial charge in [-0.2, -0.15) is 0 Å². The van der Waals surface area contributed by atoms with E-state index in [9.17, 15) is 0 Å². The first-order chi connectivity index (χ1) is 12.7. The average Bonchev–Trinajstić information content (AvgIpc) is 2.67. The molecule has 0 unspecified atom stereocenters. The first-order valence-corrected chi connectivity index (χ1v) is 8.56. The first kappa shape index (κ1) is 19.4. The number of nitrogens with zero attached hydrogens (tertiary/aromatic N) is 2. The lowest BCUT2D eigenvalue weighted by Gasteiger charge is -2.14. The van der Waals surface area contributed by atoms with E-state index in [4.69, 9.17) is 14.2 Å². The highest BCUT2D eigenvalue weighted by Crippen LogP contribution is 2.30. The summed E-state index contributed by atoms with van der Waals surface area (Å²) < 4.78 is 16.1. The molecule has 0 aliphatic rings. The van der Waals surface area contributed by atoms with E-state index >= 15 is 0 Å². The van der Waals surface area contributed by atoms with Crippen molar-refractivity contribution in [1.29, 1.82) is 0 Å². The van der Waals surface area contributed by atoms with Gasteiger partial charge in [0.05, 0.1) is 33.1 Å². The number of methoxy groups -OCH3 is 2. The summed E-state index contributed by atoms with van der Waals surface area (Å²) in [6.07, 6.45) is 0. The van der Waals surface area contributed by atoms with Crippen molar-refractivity contribution in [2.24, 2.45) is 4.99 Å². The lowest BCUT2D eigenvalue weighted by molar-refractivity contribution is 0.311. The lowest BCUT2D eigenvalue weighted by atomic mass is 10.2. The summed E-state index contributed by atoms with van der Waals surface area (Å²) in [6, 6.07) is 11.3. The zero-order valence-electron chi connectivity index (χ0n) is 15.7. The zero-order valence-corrected chi connectivity index (χ0v) is 15.7. The molecule has 2 rings (SSSR count). The Kier molecular flexibility index (Phi) is 7.54. The first-order valence-electron chi connectivity index (χ1n) is 8.56. The van der Waals surface area contributed by atoms with E-state index in [1.165, 1.54) is 0 Å². The van der Waals surface area contributed by atoms with Crippen LogP contribution in [0.5, 0.6) is 17.4 Å². The number of hydrogen-bond donors (Lipinski definition) is 2. The molecule has 0 saturated carbocycles. The maximum absolute atomic E-state index is 5.62. The molecular weight excluding hydrogens is 332 g/mol. The molecule has 140 valence electrons. The Morgan fingerprint density at radius 3 is 2.62 bits per heavy atom. The van der Waals surface area contributed by atoms with Gasteiger partial charge in [-0.15, -0.1) is 0 Å². The third-order valence-corrected chi connectivity index (χ3v) is 3.46. The summed E-state index contributed by atoms with van der Waals surface area (Å²) in [4.78, 5) is 8.95. The molecule has 0 atom stereocenters. The summed E-state index contributed by atoms with van der Waals surface area (Å²) in [7, 11) is 3.22. The van der Waals surface area contributed by atoms with Crippen LogP contribution in [0.2, 0.25) is 0 Å². The van der Waals surface area contributed by atoms with Gasteiger partial charge in [0.1, 0.15) is 0 Å². The van der Waals surface area contributed by atoms with E-state index in [-0.39, 0.29) is 0 Å². The number of ether oxygens (including phenoxy) is 3. The largest absolute Gasteiger partial charge is 0.493 e. The standard InChI is InChI=1S/C19H26N4O3/c1-5-20-19(21-13-15-8-7-9-18(22-15)25-4)23-14-10-11-16(24-3)17(12-14)26-6-2/h7-12H,5-6,13H2,1-4H3,(H2,20,21,23). The van der Waals surface area contributed by atoms with Gasteiger partial charge in [-0.3, -0.25) is 0 Å². The smallest absolute Gasteiger partial charge is 0.213 e. The van der Waals surface area contributed by atoms with Gasteiger partial charge in [-0.25, -0.2) is 9.98 Å². The van der Waals surface area contributed by atoms with Crippen molar-refractivity contribution < 1.29 is 14.2 Å². The van der Waals surface area contributed by atoms with Crippen LogP contribution in [0.1, 0.15) is 19.5 Å². The van der Waals surface area contributed by atoms with Crippen LogP contribution in [0.4, 0.5) is 5.69 Å². The molecule has 2 aromatic rings. The molecule has 0 amide bonds. The van der Waals surface area contributed by atoms with Crippen molar-refractivity contribution in [3.05, 3.63) is 42.1 Å². The molecule has 0 aliphatic heterocycles. The van der Waals surface area contributed by atoms with E-state index in [2.05, 4.69) is 20.6 Å². The average molecular weight is 358 g/mol. The molecule has 7 nitrogen and oxygen atoms in total. The molecule has 0 fully saturated rings. The van der Waals surface area contributed by atoms with Crippen LogP contribution in [0.3, 0.4) is 0 Å². The highest BCUT2D eigenvalue weighted by molar-refractivity contribution is 5.93. The van der Waals surface area contributed by atoms with Gasteiger partial charge in [0, 0.05) is 24.4 Å². The number of rotatable bonds is 8. The molecule has 0 saturated heterocycles.